The highest BCUT2D eigenvalue weighted by atomic mass is 16.5. The van der Waals surface area contributed by atoms with Crippen molar-refractivity contribution in [3.8, 4) is 5.88 Å². The fraction of sp³-hybridized carbons (Fsp3) is 0.500. The molecule has 1 fully saturated rings. The average molecular weight is 345 g/mol. The Labute approximate surface area is 146 Å². The summed E-state index contributed by atoms with van der Waals surface area (Å²) >= 11 is 0. The number of aromatic nitrogens is 2. The Hall–Kier alpha value is -2.41. The Morgan fingerprint density at radius 2 is 2.04 bits per heavy atom. The first-order chi connectivity index (χ1) is 11.9. The van der Waals surface area contributed by atoms with Crippen molar-refractivity contribution in [1.82, 2.24) is 10.1 Å². The molecule has 1 aliphatic heterocycles. The zero-order valence-corrected chi connectivity index (χ0v) is 14.7. The number of hydrogen-bond donors (Lipinski definition) is 1. The van der Waals surface area contributed by atoms with Crippen molar-refractivity contribution in [3.05, 3.63) is 35.7 Å². The van der Waals surface area contributed by atoms with E-state index < -0.39 is 0 Å². The van der Waals surface area contributed by atoms with E-state index in [1.807, 2.05) is 20.8 Å². The van der Waals surface area contributed by atoms with Crippen LogP contribution in [-0.4, -0.2) is 35.4 Å². The van der Waals surface area contributed by atoms with Crippen LogP contribution in [-0.2, 0) is 10.2 Å². The van der Waals surface area contributed by atoms with Gasteiger partial charge in [0.05, 0.1) is 24.5 Å². The molecule has 25 heavy (non-hydrogen) atoms. The third-order valence-corrected chi connectivity index (χ3v) is 3.97. The van der Waals surface area contributed by atoms with Crippen molar-refractivity contribution in [2.75, 3.05) is 18.5 Å². The summed E-state index contributed by atoms with van der Waals surface area (Å²) in [6, 6.07) is 5.11. The van der Waals surface area contributed by atoms with Crippen molar-refractivity contribution in [3.63, 3.8) is 0 Å². The number of carbonyl (C=O) groups excluding carboxylic acids is 1. The first-order valence-electron chi connectivity index (χ1n) is 8.41. The van der Waals surface area contributed by atoms with Gasteiger partial charge in [0.1, 0.15) is 6.10 Å². The molecular weight excluding hydrogens is 322 g/mol. The van der Waals surface area contributed by atoms with Gasteiger partial charge >= 0.3 is 0 Å². The summed E-state index contributed by atoms with van der Waals surface area (Å²) in [7, 11) is 0. The molecule has 0 spiro atoms. The number of pyridine rings is 1. The molecule has 2 aromatic rings. The van der Waals surface area contributed by atoms with Gasteiger partial charge < -0.3 is 14.0 Å². The van der Waals surface area contributed by atoms with Gasteiger partial charge in [-0.3, -0.25) is 10.1 Å². The molecule has 7 heteroatoms. The van der Waals surface area contributed by atoms with Crippen LogP contribution < -0.4 is 10.1 Å². The van der Waals surface area contributed by atoms with Crippen LogP contribution in [0.2, 0.25) is 0 Å². The number of ether oxygens (including phenoxy) is 2. The minimum absolute atomic E-state index is 0.117. The lowest BCUT2D eigenvalue weighted by Gasteiger charge is -2.22. The van der Waals surface area contributed by atoms with Gasteiger partial charge in [-0.05, 0) is 6.07 Å². The highest BCUT2D eigenvalue weighted by Gasteiger charge is 2.20. The Morgan fingerprint density at radius 3 is 2.64 bits per heavy atom. The van der Waals surface area contributed by atoms with Crippen molar-refractivity contribution in [2.45, 2.75) is 45.1 Å². The molecule has 0 unspecified atom stereocenters. The average Bonchev–Trinajstić information content (AvgIpc) is 3.05. The minimum Gasteiger partial charge on any atom is -0.474 e. The van der Waals surface area contributed by atoms with E-state index in [1.165, 1.54) is 6.20 Å². The minimum atomic E-state index is -0.304. The molecule has 0 saturated carbocycles. The van der Waals surface area contributed by atoms with Gasteiger partial charge in [0.2, 0.25) is 11.8 Å². The highest BCUT2D eigenvalue weighted by Crippen LogP contribution is 2.24. The standard InChI is InChI=1S/C18H23N3O4/c1-18(2,3)14-10-16(25-21-14)20-17(22)12-4-5-15(19-11-12)24-13-6-8-23-9-7-13/h4-5,10-11,13H,6-9H2,1-3H3,(H,20,22). The lowest BCUT2D eigenvalue weighted by atomic mass is 9.92. The number of nitrogens with zero attached hydrogens (tertiary/aromatic N) is 2. The molecular formula is C18H23N3O4. The molecule has 0 aliphatic carbocycles. The maximum atomic E-state index is 12.3. The molecule has 1 N–H and O–H groups in total. The first kappa shape index (κ1) is 17.4. The Balaban J connectivity index is 1.59. The molecule has 3 heterocycles. The first-order valence-corrected chi connectivity index (χ1v) is 8.41. The lowest BCUT2D eigenvalue weighted by molar-refractivity contribution is 0.0237. The molecule has 1 saturated heterocycles. The fourth-order valence-corrected chi connectivity index (χ4v) is 2.42. The second kappa shape index (κ2) is 7.23. The predicted octanol–water partition coefficient (Wildman–Crippen LogP) is 3.18. The molecule has 1 amide bonds. The van der Waals surface area contributed by atoms with Gasteiger partial charge in [-0.1, -0.05) is 25.9 Å². The van der Waals surface area contributed by atoms with Crippen LogP contribution in [0.4, 0.5) is 5.88 Å². The van der Waals surface area contributed by atoms with Gasteiger partial charge in [-0.25, -0.2) is 4.98 Å². The number of carbonyl (C=O) groups is 1. The number of nitrogens with one attached hydrogen (secondary N) is 1. The summed E-state index contributed by atoms with van der Waals surface area (Å²) in [4.78, 5) is 16.5. The zero-order chi connectivity index (χ0) is 17.9. The van der Waals surface area contributed by atoms with Crippen LogP contribution in [0.3, 0.4) is 0 Å². The SMILES string of the molecule is CC(C)(C)c1cc(NC(=O)c2ccc(OC3CCOCC3)nc2)on1. The van der Waals surface area contributed by atoms with E-state index in [1.54, 1.807) is 18.2 Å². The smallest absolute Gasteiger partial charge is 0.259 e. The Morgan fingerprint density at radius 1 is 1.28 bits per heavy atom. The quantitative estimate of drug-likeness (QED) is 0.916. The molecule has 7 nitrogen and oxygen atoms in total. The monoisotopic (exact) mass is 345 g/mol. The van der Waals surface area contributed by atoms with Crippen LogP contribution in [0.1, 0.15) is 49.7 Å². The summed E-state index contributed by atoms with van der Waals surface area (Å²) in [5.41, 5.74) is 1.06. The maximum absolute atomic E-state index is 12.3. The molecule has 0 bridgehead atoms. The molecule has 0 radical (unpaired) electrons. The zero-order valence-electron chi connectivity index (χ0n) is 14.7. The Bertz CT molecular complexity index is 713. The third kappa shape index (κ3) is 4.57. The summed E-state index contributed by atoms with van der Waals surface area (Å²) in [5, 5.41) is 6.66. The maximum Gasteiger partial charge on any atom is 0.259 e. The van der Waals surface area contributed by atoms with Crippen LogP contribution in [0.15, 0.2) is 28.9 Å². The normalized spacial score (nSPS) is 15.8. The molecule has 134 valence electrons. The second-order valence-corrected chi connectivity index (χ2v) is 7.10. The molecule has 0 aromatic carbocycles. The summed E-state index contributed by atoms with van der Waals surface area (Å²) in [6.07, 6.45) is 3.31. The predicted molar refractivity (Wildman–Crippen MR) is 91.9 cm³/mol. The number of amides is 1. The molecule has 1 aliphatic rings. The van der Waals surface area contributed by atoms with E-state index in [0.717, 1.165) is 18.5 Å². The fourth-order valence-electron chi connectivity index (χ4n) is 2.42. The topological polar surface area (TPSA) is 86.5 Å². The van der Waals surface area contributed by atoms with Crippen LogP contribution in [0.5, 0.6) is 5.88 Å². The van der Waals surface area contributed by atoms with E-state index in [0.29, 0.717) is 30.5 Å². The number of anilines is 1. The second-order valence-electron chi connectivity index (χ2n) is 7.10. The number of hydrogen-bond acceptors (Lipinski definition) is 6. The molecule has 2 aromatic heterocycles. The van der Waals surface area contributed by atoms with Crippen molar-refractivity contribution in [1.29, 1.82) is 0 Å². The van der Waals surface area contributed by atoms with E-state index in [4.69, 9.17) is 14.0 Å². The Kier molecular flexibility index (Phi) is 5.03. The molecule has 3 rings (SSSR count). The van der Waals surface area contributed by atoms with Crippen LogP contribution in [0, 0.1) is 0 Å². The van der Waals surface area contributed by atoms with Gasteiger partial charge in [0.15, 0.2) is 0 Å². The van der Waals surface area contributed by atoms with Crippen LogP contribution >= 0.6 is 0 Å². The largest absolute Gasteiger partial charge is 0.474 e. The van der Waals surface area contributed by atoms with E-state index in [9.17, 15) is 4.79 Å². The van der Waals surface area contributed by atoms with Crippen molar-refractivity contribution >= 4 is 11.8 Å². The van der Waals surface area contributed by atoms with Gasteiger partial charge in [-0.15, -0.1) is 0 Å². The lowest BCUT2D eigenvalue weighted by Crippen LogP contribution is -2.26. The van der Waals surface area contributed by atoms with Gasteiger partial charge in [0, 0.05) is 36.6 Å². The van der Waals surface area contributed by atoms with Crippen LogP contribution in [0.25, 0.3) is 0 Å². The van der Waals surface area contributed by atoms with E-state index in [2.05, 4.69) is 15.5 Å². The van der Waals surface area contributed by atoms with Crippen molar-refractivity contribution in [2.24, 2.45) is 0 Å². The highest BCUT2D eigenvalue weighted by molar-refractivity contribution is 6.03. The summed E-state index contributed by atoms with van der Waals surface area (Å²) < 4.78 is 16.3. The summed E-state index contributed by atoms with van der Waals surface area (Å²) in [6.45, 7) is 7.49. The van der Waals surface area contributed by atoms with Gasteiger partial charge in [-0.2, -0.15) is 0 Å². The molecule has 0 atom stereocenters. The third-order valence-electron chi connectivity index (χ3n) is 3.97. The van der Waals surface area contributed by atoms with Crippen molar-refractivity contribution < 1.29 is 18.8 Å². The van der Waals surface area contributed by atoms with Gasteiger partial charge in [0.25, 0.3) is 5.91 Å². The van der Waals surface area contributed by atoms with E-state index >= 15 is 0 Å². The number of rotatable bonds is 4. The summed E-state index contributed by atoms with van der Waals surface area (Å²) in [5.74, 6) is 0.525. The van der Waals surface area contributed by atoms with E-state index in [-0.39, 0.29) is 17.4 Å².